The van der Waals surface area contributed by atoms with Gasteiger partial charge in [-0.15, -0.1) is 4.90 Å². The van der Waals surface area contributed by atoms with Crippen molar-refractivity contribution < 1.29 is 83.4 Å². The topological polar surface area (TPSA) is 3.24 Å². The highest BCUT2D eigenvalue weighted by Gasteiger charge is 3.02. The Bertz CT molecular complexity index is 654. The summed E-state index contributed by atoms with van der Waals surface area (Å²) in [7, 11) is 0. The molecule has 20 heteroatoms. The summed E-state index contributed by atoms with van der Waals surface area (Å²) in [6, 6.07) is -17.0. The van der Waals surface area contributed by atoms with Gasteiger partial charge in [0.2, 0.25) is 0 Å². The van der Waals surface area contributed by atoms with Gasteiger partial charge in [-0.25, -0.2) is 4.39 Å². The van der Waals surface area contributed by atoms with Crippen LogP contribution in [0.2, 0.25) is 0 Å². The Labute approximate surface area is 144 Å². The Morgan fingerprint density at radius 2 is 0.828 bits per heavy atom. The Balaban J connectivity index is 4.19. The van der Waals surface area contributed by atoms with Crippen LogP contribution in [0, 0.1) is 0 Å². The van der Waals surface area contributed by atoms with E-state index in [0.29, 0.717) is 0 Å². The van der Waals surface area contributed by atoms with Crippen LogP contribution in [0.4, 0.5) is 83.4 Å². The minimum absolute atomic E-state index is 4.92. The number of alkyl halides is 19. The van der Waals surface area contributed by atoms with Crippen molar-refractivity contribution >= 4 is 0 Å². The molecule has 1 aliphatic rings. The average Bonchev–Trinajstić information content (AvgIpc) is 2.41. The van der Waals surface area contributed by atoms with E-state index in [1.807, 2.05) is 0 Å². The van der Waals surface area contributed by atoms with Crippen molar-refractivity contribution in [3.8, 4) is 0 Å². The molecule has 1 nitrogen and oxygen atoms in total. The molecule has 1 saturated heterocycles. The van der Waals surface area contributed by atoms with E-state index in [1.165, 1.54) is 0 Å². The maximum Gasteiger partial charge on any atom is 0.461 e. The van der Waals surface area contributed by atoms with Gasteiger partial charge in [0, 0.05) is 0 Å². The van der Waals surface area contributed by atoms with E-state index < -0.39 is 58.8 Å². The first-order chi connectivity index (χ1) is 12.1. The SMILES string of the molecule is FC(F)(F)C(F)(F)C(F)(F)N1C(F)(F)C(F)(F)C(F)(F)C(F)(F)C1(F)C(F)(F)F. The molecule has 0 radical (unpaired) electrons. The highest BCUT2D eigenvalue weighted by Crippen LogP contribution is 2.70. The fourth-order valence-electron chi connectivity index (χ4n) is 2.05. The molecule has 1 unspecified atom stereocenters. The summed E-state index contributed by atoms with van der Waals surface area (Å²) >= 11 is 0. The lowest BCUT2D eigenvalue weighted by molar-refractivity contribution is -0.561. The van der Waals surface area contributed by atoms with Crippen LogP contribution in [0.25, 0.3) is 0 Å². The van der Waals surface area contributed by atoms with Crippen molar-refractivity contribution in [1.82, 2.24) is 4.90 Å². The molecule has 1 heterocycles. The summed E-state index contributed by atoms with van der Waals surface area (Å²) in [6.07, 6.45) is -16.2. The van der Waals surface area contributed by atoms with Crippen molar-refractivity contribution in [2.24, 2.45) is 0 Å². The van der Waals surface area contributed by atoms with Gasteiger partial charge in [-0.2, -0.15) is 79.0 Å². The summed E-state index contributed by atoms with van der Waals surface area (Å²) in [4.78, 5) is -4.92. The first-order valence-corrected chi connectivity index (χ1v) is 6.01. The number of rotatable bonds is 2. The van der Waals surface area contributed by atoms with Crippen molar-refractivity contribution in [2.75, 3.05) is 0 Å². The number of hydrogen-bond acceptors (Lipinski definition) is 1. The fourth-order valence-corrected chi connectivity index (χ4v) is 2.05. The minimum Gasteiger partial charge on any atom is -0.208 e. The van der Waals surface area contributed by atoms with Crippen LogP contribution in [0.3, 0.4) is 0 Å². The Kier molecular flexibility index (Phi) is 5.00. The number of likely N-dealkylation sites (tertiary alicyclic amines) is 1. The third-order valence-electron chi connectivity index (χ3n) is 3.56. The molecule has 29 heavy (non-hydrogen) atoms. The zero-order chi connectivity index (χ0) is 24.1. The largest absolute Gasteiger partial charge is 0.461 e. The number of halogens is 19. The molecule has 0 aromatic carbocycles. The minimum atomic E-state index is -8.61. The molecule has 0 aromatic rings. The molecular formula is C9F19N. The number of piperidine rings is 1. The van der Waals surface area contributed by atoms with Gasteiger partial charge in [0.05, 0.1) is 0 Å². The van der Waals surface area contributed by atoms with Crippen LogP contribution in [-0.4, -0.2) is 58.8 Å². The average molecular weight is 483 g/mol. The summed E-state index contributed by atoms with van der Waals surface area (Å²) < 4.78 is 245. The second kappa shape index (κ2) is 5.65. The molecule has 1 atom stereocenters. The quantitative estimate of drug-likeness (QED) is 0.354. The summed E-state index contributed by atoms with van der Waals surface area (Å²) in [5, 5.41) is 0. The van der Waals surface area contributed by atoms with Crippen LogP contribution in [-0.2, 0) is 0 Å². The second-order valence-corrected chi connectivity index (χ2v) is 5.33. The zero-order valence-corrected chi connectivity index (χ0v) is 12.1. The molecular weight excluding hydrogens is 483 g/mol. The zero-order valence-electron chi connectivity index (χ0n) is 12.1. The van der Waals surface area contributed by atoms with Crippen LogP contribution in [0.5, 0.6) is 0 Å². The van der Waals surface area contributed by atoms with Crippen molar-refractivity contribution in [1.29, 1.82) is 0 Å². The molecule has 0 aliphatic carbocycles. The van der Waals surface area contributed by atoms with E-state index in [0.717, 1.165) is 0 Å². The smallest absolute Gasteiger partial charge is 0.208 e. The molecule has 1 rings (SSSR count). The molecule has 0 amide bonds. The van der Waals surface area contributed by atoms with Gasteiger partial charge in [0.1, 0.15) is 0 Å². The molecule has 1 fully saturated rings. The van der Waals surface area contributed by atoms with Crippen LogP contribution in [0.1, 0.15) is 0 Å². The highest BCUT2D eigenvalue weighted by atomic mass is 19.4. The lowest BCUT2D eigenvalue weighted by Gasteiger charge is -2.56. The molecule has 0 saturated carbocycles. The first kappa shape index (κ1) is 25.7. The molecule has 0 N–H and O–H groups in total. The second-order valence-electron chi connectivity index (χ2n) is 5.33. The van der Waals surface area contributed by atoms with Gasteiger partial charge in [-0.05, 0) is 0 Å². The fraction of sp³-hybridized carbons (Fsp3) is 1.00. The third-order valence-corrected chi connectivity index (χ3v) is 3.56. The van der Waals surface area contributed by atoms with Gasteiger partial charge in [0.15, 0.2) is 0 Å². The third kappa shape index (κ3) is 2.55. The Hall–Kier alpha value is -1.37. The van der Waals surface area contributed by atoms with E-state index in [9.17, 15) is 83.4 Å². The molecule has 174 valence electrons. The van der Waals surface area contributed by atoms with Gasteiger partial charge in [-0.3, -0.25) is 0 Å². The van der Waals surface area contributed by atoms with Crippen LogP contribution >= 0.6 is 0 Å². The predicted molar refractivity (Wildman–Crippen MR) is 47.5 cm³/mol. The standard InChI is InChI=1S/C9F19N/c10-1(11)2(12,13)5(18,7(22,23)24)29(8(25,26)3(1,14)15)9(27,28)4(16,17)6(19,20)21. The lowest BCUT2D eigenvalue weighted by atomic mass is 9.85. The number of hydrogen-bond donors (Lipinski definition) is 0. The van der Waals surface area contributed by atoms with Gasteiger partial charge >= 0.3 is 53.9 Å². The molecule has 0 spiro atoms. The molecule has 1 aliphatic heterocycles. The number of nitrogens with zero attached hydrogens (tertiary/aromatic N) is 1. The molecule has 0 aromatic heterocycles. The Morgan fingerprint density at radius 1 is 0.483 bits per heavy atom. The summed E-state index contributed by atoms with van der Waals surface area (Å²) in [5.74, 6) is -41.8. The molecule has 0 bridgehead atoms. The van der Waals surface area contributed by atoms with Gasteiger partial charge in [-0.1, -0.05) is 0 Å². The van der Waals surface area contributed by atoms with E-state index in [2.05, 4.69) is 0 Å². The first-order valence-electron chi connectivity index (χ1n) is 6.01. The van der Waals surface area contributed by atoms with Crippen LogP contribution < -0.4 is 0 Å². The van der Waals surface area contributed by atoms with Gasteiger partial charge in [0.25, 0.3) is 0 Å². The van der Waals surface area contributed by atoms with E-state index >= 15 is 0 Å². The summed E-state index contributed by atoms with van der Waals surface area (Å²) in [5.41, 5.74) is 0. The monoisotopic (exact) mass is 483 g/mol. The Morgan fingerprint density at radius 3 is 1.10 bits per heavy atom. The maximum absolute atomic E-state index is 13.8. The van der Waals surface area contributed by atoms with Gasteiger partial charge < -0.3 is 0 Å². The van der Waals surface area contributed by atoms with Crippen molar-refractivity contribution in [3.05, 3.63) is 0 Å². The highest BCUT2D eigenvalue weighted by molar-refractivity contribution is 5.22. The lowest BCUT2D eigenvalue weighted by Crippen LogP contribution is -2.89. The van der Waals surface area contributed by atoms with Crippen molar-refractivity contribution in [3.63, 3.8) is 0 Å². The van der Waals surface area contributed by atoms with E-state index in [4.69, 9.17) is 0 Å². The maximum atomic E-state index is 13.8. The normalized spacial score (nSPS) is 30.3. The van der Waals surface area contributed by atoms with Crippen molar-refractivity contribution in [2.45, 2.75) is 53.9 Å². The van der Waals surface area contributed by atoms with E-state index in [1.54, 1.807) is 0 Å². The van der Waals surface area contributed by atoms with E-state index in [-0.39, 0.29) is 0 Å². The summed E-state index contributed by atoms with van der Waals surface area (Å²) in [6.45, 7) is 0. The van der Waals surface area contributed by atoms with Crippen LogP contribution in [0.15, 0.2) is 0 Å². The predicted octanol–water partition coefficient (Wildman–Crippen LogP) is 5.82.